The first-order chi connectivity index (χ1) is 11.0. The number of nitrogens with one attached hydrogen (secondary N) is 1. The van der Waals surface area contributed by atoms with Crippen molar-refractivity contribution < 1.29 is 9.53 Å². The Kier molecular flexibility index (Phi) is 4.06. The summed E-state index contributed by atoms with van der Waals surface area (Å²) < 4.78 is 7.01. The van der Waals surface area contributed by atoms with Gasteiger partial charge in [0.15, 0.2) is 4.77 Å². The van der Waals surface area contributed by atoms with Crippen LogP contribution in [0.25, 0.3) is 11.0 Å². The van der Waals surface area contributed by atoms with Crippen LogP contribution in [-0.4, -0.2) is 27.6 Å². The van der Waals surface area contributed by atoms with E-state index in [9.17, 15) is 9.59 Å². The van der Waals surface area contributed by atoms with E-state index in [4.69, 9.17) is 17.0 Å². The van der Waals surface area contributed by atoms with E-state index < -0.39 is 11.5 Å². The number of fused-ring (bicyclic) bond motifs is 1. The quantitative estimate of drug-likeness (QED) is 0.687. The molecular weight excluding hydrogens is 314 g/mol. The predicted octanol–water partition coefficient (Wildman–Crippen LogP) is 3.09. The second-order valence-corrected chi connectivity index (χ2v) is 6.33. The largest absolute Gasteiger partial charge is 0.465 e. The van der Waals surface area contributed by atoms with E-state index in [1.54, 1.807) is 6.07 Å². The molecule has 1 aliphatic rings. The van der Waals surface area contributed by atoms with E-state index in [-0.39, 0.29) is 17.0 Å². The zero-order valence-electron chi connectivity index (χ0n) is 13.4. The fraction of sp³-hybridized carbons (Fsp3) is 0.500. The van der Waals surface area contributed by atoms with Crippen molar-refractivity contribution in [3.63, 3.8) is 0 Å². The van der Waals surface area contributed by atoms with Crippen LogP contribution < -0.4 is 5.56 Å². The minimum Gasteiger partial charge on any atom is -0.465 e. The fourth-order valence-electron chi connectivity index (χ4n) is 2.72. The summed E-state index contributed by atoms with van der Waals surface area (Å²) in [6.45, 7) is 4.05. The maximum Gasteiger partial charge on any atom is 0.338 e. The second kappa shape index (κ2) is 5.88. The van der Waals surface area contributed by atoms with Crippen molar-refractivity contribution in [3.8, 4) is 0 Å². The molecule has 7 heteroatoms. The zero-order valence-corrected chi connectivity index (χ0v) is 14.2. The summed E-state index contributed by atoms with van der Waals surface area (Å²) >= 11 is 5.32. The normalized spacial score (nSPS) is 15.6. The van der Waals surface area contributed by atoms with Crippen LogP contribution in [0.3, 0.4) is 0 Å². The summed E-state index contributed by atoms with van der Waals surface area (Å²) in [6.07, 6.45) is 2.93. The maximum atomic E-state index is 12.4. The van der Waals surface area contributed by atoms with E-state index in [1.807, 2.05) is 18.4 Å². The number of aromatic amines is 1. The van der Waals surface area contributed by atoms with Gasteiger partial charge in [0.1, 0.15) is 5.65 Å². The van der Waals surface area contributed by atoms with Crippen molar-refractivity contribution in [3.05, 3.63) is 32.4 Å². The summed E-state index contributed by atoms with van der Waals surface area (Å²) in [6, 6.07) is 1.75. The van der Waals surface area contributed by atoms with Gasteiger partial charge in [-0.1, -0.05) is 6.92 Å². The van der Waals surface area contributed by atoms with Crippen LogP contribution in [-0.2, 0) is 4.74 Å². The lowest BCUT2D eigenvalue weighted by Gasteiger charge is -2.18. The Balaban J connectivity index is 2.45. The van der Waals surface area contributed by atoms with Crippen molar-refractivity contribution in [2.24, 2.45) is 0 Å². The minimum atomic E-state index is -0.530. The zero-order chi connectivity index (χ0) is 16.7. The van der Waals surface area contributed by atoms with Gasteiger partial charge in [-0.25, -0.2) is 9.78 Å². The molecule has 1 fully saturated rings. The number of H-pyrrole nitrogens is 1. The number of esters is 1. The van der Waals surface area contributed by atoms with Gasteiger partial charge in [-0.15, -0.1) is 0 Å². The molecule has 0 bridgehead atoms. The molecule has 122 valence electrons. The van der Waals surface area contributed by atoms with Gasteiger partial charge >= 0.3 is 5.97 Å². The number of methoxy groups -OCH3 is 1. The minimum absolute atomic E-state index is 0.0642. The molecule has 2 aromatic rings. The molecule has 2 aromatic heterocycles. The Morgan fingerprint density at radius 3 is 2.83 bits per heavy atom. The first-order valence-electron chi connectivity index (χ1n) is 7.75. The first kappa shape index (κ1) is 15.9. The number of carbonyl (C=O) groups is 1. The van der Waals surface area contributed by atoms with Crippen LogP contribution in [0.1, 0.15) is 61.1 Å². The number of aromatic nitrogens is 3. The Morgan fingerprint density at radius 2 is 2.26 bits per heavy atom. The SMILES string of the molecule is CC[C@@H](C)n1c(=S)[nH]c(=O)c2c(C(=O)OC)cc(C3CC3)nc21. The van der Waals surface area contributed by atoms with Gasteiger partial charge in [0.25, 0.3) is 5.56 Å². The topological polar surface area (TPSA) is 77.0 Å². The Bertz CT molecular complexity index is 896. The maximum absolute atomic E-state index is 12.4. The van der Waals surface area contributed by atoms with Crippen LogP contribution in [0.2, 0.25) is 0 Å². The van der Waals surface area contributed by atoms with Crippen molar-refractivity contribution >= 4 is 29.2 Å². The standard InChI is InChI=1S/C16H19N3O3S/c1-4-8(2)19-13-12(14(20)18-16(19)23)10(15(21)22-3)7-11(17-13)9-5-6-9/h7-9H,4-6H2,1-3H3,(H,18,20,23)/t8-/m1/s1. The van der Waals surface area contributed by atoms with Crippen LogP contribution in [0.15, 0.2) is 10.9 Å². The number of pyridine rings is 1. The highest BCUT2D eigenvalue weighted by molar-refractivity contribution is 7.71. The van der Waals surface area contributed by atoms with E-state index in [2.05, 4.69) is 9.97 Å². The third kappa shape index (κ3) is 2.69. The van der Waals surface area contributed by atoms with E-state index in [0.29, 0.717) is 16.3 Å². The summed E-state index contributed by atoms with van der Waals surface area (Å²) in [5, 5.41) is 0.246. The van der Waals surface area contributed by atoms with Crippen molar-refractivity contribution in [1.82, 2.24) is 14.5 Å². The number of hydrogen-bond donors (Lipinski definition) is 1. The van der Waals surface area contributed by atoms with Crippen LogP contribution in [0.5, 0.6) is 0 Å². The van der Waals surface area contributed by atoms with E-state index >= 15 is 0 Å². The molecule has 1 saturated carbocycles. The molecule has 3 rings (SSSR count). The van der Waals surface area contributed by atoms with Gasteiger partial charge in [0, 0.05) is 17.7 Å². The summed E-state index contributed by atoms with van der Waals surface area (Å²) in [5.74, 6) is -0.182. The van der Waals surface area contributed by atoms with Crippen LogP contribution >= 0.6 is 12.2 Å². The number of carbonyl (C=O) groups excluding carboxylic acids is 1. The molecule has 1 N–H and O–H groups in total. The highest BCUT2D eigenvalue weighted by Crippen LogP contribution is 2.40. The lowest BCUT2D eigenvalue weighted by Crippen LogP contribution is -2.21. The number of ether oxygens (including phenoxy) is 1. The Hall–Kier alpha value is -2.02. The van der Waals surface area contributed by atoms with Crippen molar-refractivity contribution in [1.29, 1.82) is 0 Å². The summed E-state index contributed by atoms with van der Waals surface area (Å²) in [4.78, 5) is 31.9. The molecule has 0 unspecified atom stereocenters. The monoisotopic (exact) mass is 333 g/mol. The summed E-state index contributed by atoms with van der Waals surface area (Å²) in [7, 11) is 1.31. The van der Waals surface area contributed by atoms with Gasteiger partial charge < -0.3 is 4.74 Å². The molecule has 0 spiro atoms. The third-order valence-corrected chi connectivity index (χ3v) is 4.65. The van der Waals surface area contributed by atoms with E-state index in [1.165, 1.54) is 7.11 Å². The third-order valence-electron chi connectivity index (χ3n) is 4.35. The summed E-state index contributed by atoms with van der Waals surface area (Å²) in [5.41, 5.74) is 1.15. The van der Waals surface area contributed by atoms with E-state index in [0.717, 1.165) is 25.0 Å². The molecule has 6 nitrogen and oxygen atoms in total. The molecule has 0 amide bonds. The molecule has 1 aliphatic carbocycles. The van der Waals surface area contributed by atoms with Gasteiger partial charge in [-0.3, -0.25) is 14.3 Å². The van der Waals surface area contributed by atoms with Crippen LogP contribution in [0.4, 0.5) is 0 Å². The molecule has 0 aromatic carbocycles. The molecule has 2 heterocycles. The fourth-order valence-corrected chi connectivity index (χ4v) is 3.07. The smallest absolute Gasteiger partial charge is 0.338 e. The molecular formula is C16H19N3O3S. The highest BCUT2D eigenvalue weighted by atomic mass is 32.1. The lowest BCUT2D eigenvalue weighted by molar-refractivity contribution is 0.0602. The number of hydrogen-bond acceptors (Lipinski definition) is 5. The van der Waals surface area contributed by atoms with Crippen molar-refractivity contribution in [2.45, 2.75) is 45.1 Å². The number of nitrogens with zero attached hydrogens (tertiary/aromatic N) is 2. The first-order valence-corrected chi connectivity index (χ1v) is 8.16. The molecule has 0 radical (unpaired) electrons. The molecule has 0 saturated heterocycles. The average molecular weight is 333 g/mol. The predicted molar refractivity (Wildman–Crippen MR) is 89.5 cm³/mol. The Labute approximate surface area is 138 Å². The van der Waals surface area contributed by atoms with Crippen molar-refractivity contribution in [2.75, 3.05) is 7.11 Å². The molecule has 1 atom stereocenters. The van der Waals surface area contributed by atoms with Gasteiger partial charge in [0.05, 0.1) is 18.1 Å². The lowest BCUT2D eigenvalue weighted by atomic mass is 10.1. The average Bonchev–Trinajstić information content (AvgIpc) is 3.37. The van der Waals surface area contributed by atoms with Gasteiger partial charge in [-0.2, -0.15) is 0 Å². The molecule has 0 aliphatic heterocycles. The van der Waals surface area contributed by atoms with Gasteiger partial charge in [-0.05, 0) is 44.5 Å². The Morgan fingerprint density at radius 1 is 1.57 bits per heavy atom. The second-order valence-electron chi connectivity index (χ2n) is 5.95. The van der Waals surface area contributed by atoms with Gasteiger partial charge in [0.2, 0.25) is 0 Å². The molecule has 23 heavy (non-hydrogen) atoms. The number of rotatable bonds is 4. The van der Waals surface area contributed by atoms with Crippen LogP contribution in [0, 0.1) is 4.77 Å². The highest BCUT2D eigenvalue weighted by Gasteiger charge is 2.29.